The molecule has 24 heavy (non-hydrogen) atoms. The van der Waals surface area contributed by atoms with E-state index in [1.54, 1.807) is 6.07 Å². The lowest BCUT2D eigenvalue weighted by atomic mass is 10.1. The molecule has 1 N–H and O–H groups in total. The van der Waals surface area contributed by atoms with Crippen molar-refractivity contribution in [2.24, 2.45) is 0 Å². The molecule has 0 aliphatic heterocycles. The van der Waals surface area contributed by atoms with E-state index in [4.69, 9.17) is 0 Å². The first-order valence-electron chi connectivity index (χ1n) is 6.68. The van der Waals surface area contributed by atoms with E-state index < -0.39 is 17.7 Å². The standard InChI is InChI=1S/C15H9BrF3N3O2/c16-10-5-11(14(23)24)13-12(6-10)20-21-22(13)7-8-1-3-9(4-2-8)15(17,18)19/h1-6H,7H2,(H,23,24). The molecule has 0 aliphatic carbocycles. The van der Waals surface area contributed by atoms with Crippen LogP contribution >= 0.6 is 15.9 Å². The van der Waals surface area contributed by atoms with Crippen LogP contribution in [0.5, 0.6) is 0 Å². The summed E-state index contributed by atoms with van der Waals surface area (Å²) in [7, 11) is 0. The van der Waals surface area contributed by atoms with Gasteiger partial charge < -0.3 is 5.11 Å². The molecular formula is C15H9BrF3N3O2. The maximum Gasteiger partial charge on any atom is 0.416 e. The van der Waals surface area contributed by atoms with E-state index in [0.717, 1.165) is 12.1 Å². The molecule has 3 rings (SSSR count). The predicted molar refractivity (Wildman–Crippen MR) is 82.7 cm³/mol. The summed E-state index contributed by atoms with van der Waals surface area (Å²) in [6.45, 7) is 0.108. The normalized spacial score (nSPS) is 11.8. The first-order valence-corrected chi connectivity index (χ1v) is 7.47. The van der Waals surface area contributed by atoms with E-state index in [9.17, 15) is 23.1 Å². The van der Waals surface area contributed by atoms with Crippen molar-refractivity contribution < 1.29 is 23.1 Å². The fourth-order valence-corrected chi connectivity index (χ4v) is 2.77. The summed E-state index contributed by atoms with van der Waals surface area (Å²) in [6, 6.07) is 7.66. The Morgan fingerprint density at radius 1 is 1.21 bits per heavy atom. The summed E-state index contributed by atoms with van der Waals surface area (Å²) in [5, 5.41) is 17.1. The molecule has 0 fully saturated rings. The summed E-state index contributed by atoms with van der Waals surface area (Å²) in [5.41, 5.74) is 0.509. The molecule has 0 spiro atoms. The Morgan fingerprint density at radius 2 is 1.88 bits per heavy atom. The van der Waals surface area contributed by atoms with Gasteiger partial charge in [-0.1, -0.05) is 33.3 Å². The fourth-order valence-electron chi connectivity index (χ4n) is 2.33. The van der Waals surface area contributed by atoms with E-state index in [-0.39, 0.29) is 12.1 Å². The van der Waals surface area contributed by atoms with Crippen molar-refractivity contribution >= 4 is 32.9 Å². The molecule has 1 heterocycles. The Bertz CT molecular complexity index is 920. The van der Waals surface area contributed by atoms with Crippen molar-refractivity contribution in [1.29, 1.82) is 0 Å². The smallest absolute Gasteiger partial charge is 0.416 e. The van der Waals surface area contributed by atoms with E-state index in [1.165, 1.54) is 22.9 Å². The number of carboxylic acids is 1. The first kappa shape index (κ1) is 16.4. The second-order valence-electron chi connectivity index (χ2n) is 5.07. The molecule has 0 bridgehead atoms. The van der Waals surface area contributed by atoms with Gasteiger partial charge in [0.25, 0.3) is 0 Å². The van der Waals surface area contributed by atoms with Crippen LogP contribution in [0.25, 0.3) is 11.0 Å². The van der Waals surface area contributed by atoms with Crippen molar-refractivity contribution in [3.63, 3.8) is 0 Å². The zero-order valence-corrected chi connectivity index (χ0v) is 13.5. The zero-order valence-electron chi connectivity index (χ0n) is 11.9. The number of carbonyl (C=O) groups is 1. The monoisotopic (exact) mass is 399 g/mol. The van der Waals surface area contributed by atoms with Gasteiger partial charge in [0.05, 0.1) is 17.7 Å². The summed E-state index contributed by atoms with van der Waals surface area (Å²) in [5.74, 6) is -1.14. The molecule has 9 heteroatoms. The third kappa shape index (κ3) is 3.12. The SMILES string of the molecule is O=C(O)c1cc(Br)cc2nnn(Cc3ccc(C(F)(F)F)cc3)c12. The van der Waals surface area contributed by atoms with Crippen LogP contribution in [0, 0.1) is 0 Å². The Morgan fingerprint density at radius 3 is 2.46 bits per heavy atom. The van der Waals surface area contributed by atoms with Crippen LogP contribution in [0.1, 0.15) is 21.5 Å². The number of hydrogen-bond donors (Lipinski definition) is 1. The number of alkyl halides is 3. The van der Waals surface area contributed by atoms with Gasteiger partial charge in [-0.25, -0.2) is 9.48 Å². The molecule has 0 atom stereocenters. The lowest BCUT2D eigenvalue weighted by Gasteiger charge is -2.08. The van der Waals surface area contributed by atoms with Gasteiger partial charge in [0.2, 0.25) is 0 Å². The van der Waals surface area contributed by atoms with Gasteiger partial charge in [0.1, 0.15) is 11.0 Å². The van der Waals surface area contributed by atoms with Crippen molar-refractivity contribution in [3.8, 4) is 0 Å². The van der Waals surface area contributed by atoms with Gasteiger partial charge in [-0.05, 0) is 29.8 Å². The van der Waals surface area contributed by atoms with Crippen LogP contribution in [0.4, 0.5) is 13.2 Å². The highest BCUT2D eigenvalue weighted by atomic mass is 79.9. The van der Waals surface area contributed by atoms with E-state index in [1.807, 2.05) is 0 Å². The van der Waals surface area contributed by atoms with Crippen LogP contribution in [0.3, 0.4) is 0 Å². The molecular weight excluding hydrogens is 391 g/mol. The van der Waals surface area contributed by atoms with Gasteiger partial charge in [-0.3, -0.25) is 0 Å². The Kier molecular flexibility index (Phi) is 4.04. The van der Waals surface area contributed by atoms with Crippen LogP contribution < -0.4 is 0 Å². The van der Waals surface area contributed by atoms with Crippen LogP contribution in [-0.4, -0.2) is 26.1 Å². The molecule has 124 valence electrons. The second kappa shape index (κ2) is 5.90. The highest BCUT2D eigenvalue weighted by Gasteiger charge is 2.30. The minimum absolute atomic E-state index is 0.0105. The number of rotatable bonds is 3. The van der Waals surface area contributed by atoms with Crippen molar-refractivity contribution in [3.05, 3.63) is 57.6 Å². The topological polar surface area (TPSA) is 68.0 Å². The van der Waals surface area contributed by atoms with Crippen molar-refractivity contribution in [2.45, 2.75) is 12.7 Å². The van der Waals surface area contributed by atoms with E-state index in [2.05, 4.69) is 26.2 Å². The van der Waals surface area contributed by atoms with E-state index >= 15 is 0 Å². The van der Waals surface area contributed by atoms with Crippen LogP contribution in [0.15, 0.2) is 40.9 Å². The molecule has 3 aromatic rings. The quantitative estimate of drug-likeness (QED) is 0.723. The van der Waals surface area contributed by atoms with Gasteiger partial charge >= 0.3 is 12.1 Å². The zero-order chi connectivity index (χ0) is 17.5. The summed E-state index contributed by atoms with van der Waals surface area (Å²) in [4.78, 5) is 11.4. The molecule has 0 saturated heterocycles. The summed E-state index contributed by atoms with van der Waals surface area (Å²) < 4.78 is 39.7. The third-order valence-corrected chi connectivity index (χ3v) is 3.87. The van der Waals surface area contributed by atoms with Crippen molar-refractivity contribution in [2.75, 3.05) is 0 Å². The number of halogens is 4. The van der Waals surface area contributed by atoms with E-state index in [0.29, 0.717) is 21.1 Å². The van der Waals surface area contributed by atoms with Gasteiger partial charge in [-0.15, -0.1) is 5.10 Å². The fraction of sp³-hybridized carbons (Fsp3) is 0.133. The highest BCUT2D eigenvalue weighted by molar-refractivity contribution is 9.10. The number of fused-ring (bicyclic) bond motifs is 1. The number of hydrogen-bond acceptors (Lipinski definition) is 3. The number of aromatic nitrogens is 3. The Balaban J connectivity index is 2.00. The average Bonchev–Trinajstić information content (AvgIpc) is 2.88. The molecule has 0 unspecified atom stereocenters. The van der Waals surface area contributed by atoms with Crippen LogP contribution in [0.2, 0.25) is 0 Å². The molecule has 0 radical (unpaired) electrons. The highest BCUT2D eigenvalue weighted by Crippen LogP contribution is 2.29. The second-order valence-corrected chi connectivity index (χ2v) is 5.98. The third-order valence-electron chi connectivity index (χ3n) is 3.42. The molecule has 2 aromatic carbocycles. The molecule has 1 aromatic heterocycles. The molecule has 0 saturated carbocycles. The average molecular weight is 400 g/mol. The van der Waals surface area contributed by atoms with Gasteiger partial charge in [0, 0.05) is 4.47 Å². The summed E-state index contributed by atoms with van der Waals surface area (Å²) in [6.07, 6.45) is -4.40. The number of benzene rings is 2. The lowest BCUT2D eigenvalue weighted by molar-refractivity contribution is -0.137. The predicted octanol–water partition coefficient (Wildman–Crippen LogP) is 3.96. The maximum atomic E-state index is 12.6. The summed E-state index contributed by atoms with van der Waals surface area (Å²) >= 11 is 3.21. The minimum atomic E-state index is -4.40. The van der Waals surface area contributed by atoms with Crippen molar-refractivity contribution in [1.82, 2.24) is 15.0 Å². The number of nitrogens with zero attached hydrogens (tertiary/aromatic N) is 3. The molecule has 5 nitrogen and oxygen atoms in total. The minimum Gasteiger partial charge on any atom is -0.478 e. The Hall–Kier alpha value is -2.42. The lowest BCUT2D eigenvalue weighted by Crippen LogP contribution is -2.08. The Labute approximate surface area is 141 Å². The van der Waals surface area contributed by atoms with Crippen LogP contribution in [-0.2, 0) is 12.7 Å². The number of carboxylic acid groups (broad SMARTS) is 1. The molecule has 0 amide bonds. The number of aromatic carboxylic acids is 1. The van der Waals surface area contributed by atoms with Gasteiger partial charge in [-0.2, -0.15) is 13.2 Å². The largest absolute Gasteiger partial charge is 0.478 e. The first-order chi connectivity index (χ1) is 11.3. The molecule has 0 aliphatic rings. The maximum absolute atomic E-state index is 12.6. The van der Waals surface area contributed by atoms with Gasteiger partial charge in [0.15, 0.2) is 0 Å².